The van der Waals surface area contributed by atoms with Crippen molar-refractivity contribution in [3.05, 3.63) is 35.9 Å². The Hall–Kier alpha value is -1.61. The van der Waals surface area contributed by atoms with Crippen molar-refractivity contribution in [3.63, 3.8) is 0 Å². The number of ether oxygens (including phenoxy) is 2. The molecule has 1 aliphatic heterocycles. The molecule has 0 aromatic heterocycles. The molecular formula is C12H12O3. The third kappa shape index (κ3) is 3.22. The minimum Gasteiger partial charge on any atom is -0.427 e. The highest BCUT2D eigenvalue weighted by molar-refractivity contribution is 5.69. The van der Waals surface area contributed by atoms with Crippen LogP contribution < -0.4 is 4.74 Å². The van der Waals surface area contributed by atoms with Gasteiger partial charge in [0.1, 0.15) is 5.75 Å². The van der Waals surface area contributed by atoms with Crippen molar-refractivity contribution in [3.8, 4) is 5.75 Å². The van der Waals surface area contributed by atoms with Gasteiger partial charge in [0.25, 0.3) is 0 Å². The molecule has 2 rings (SSSR count). The summed E-state index contributed by atoms with van der Waals surface area (Å²) < 4.78 is 9.97. The van der Waals surface area contributed by atoms with Gasteiger partial charge in [0.2, 0.25) is 0 Å². The molecule has 1 aromatic carbocycles. The van der Waals surface area contributed by atoms with Crippen LogP contribution in [0.3, 0.4) is 0 Å². The fourth-order valence-electron chi connectivity index (χ4n) is 1.20. The summed E-state index contributed by atoms with van der Waals surface area (Å²) in [7, 11) is 0. The summed E-state index contributed by atoms with van der Waals surface area (Å²) in [5.41, 5.74) is 1.07. The monoisotopic (exact) mass is 204 g/mol. The average Bonchev–Trinajstić information content (AvgIpc) is 2.99. The minimum absolute atomic E-state index is 0.290. The highest BCUT2D eigenvalue weighted by atomic mass is 16.6. The Labute approximate surface area is 88.3 Å². The van der Waals surface area contributed by atoms with Crippen molar-refractivity contribution in [1.82, 2.24) is 0 Å². The molecule has 1 atom stereocenters. The molecule has 0 bridgehead atoms. The summed E-state index contributed by atoms with van der Waals surface area (Å²) in [5, 5.41) is 0. The van der Waals surface area contributed by atoms with E-state index >= 15 is 0 Å². The second-order valence-electron chi connectivity index (χ2n) is 3.39. The van der Waals surface area contributed by atoms with Gasteiger partial charge < -0.3 is 9.47 Å². The fourth-order valence-corrected chi connectivity index (χ4v) is 1.20. The molecule has 1 saturated heterocycles. The maximum Gasteiger partial charge on any atom is 0.308 e. The van der Waals surface area contributed by atoms with Crippen LogP contribution in [-0.2, 0) is 9.53 Å². The van der Waals surface area contributed by atoms with E-state index in [4.69, 9.17) is 9.47 Å². The van der Waals surface area contributed by atoms with E-state index in [2.05, 4.69) is 0 Å². The Morgan fingerprint density at radius 3 is 2.67 bits per heavy atom. The zero-order valence-corrected chi connectivity index (χ0v) is 8.47. The maximum absolute atomic E-state index is 10.7. The normalized spacial score (nSPS) is 19.1. The Morgan fingerprint density at radius 1 is 1.47 bits per heavy atom. The molecule has 3 heteroatoms. The average molecular weight is 204 g/mol. The zero-order valence-electron chi connectivity index (χ0n) is 8.47. The van der Waals surface area contributed by atoms with Gasteiger partial charge in [0, 0.05) is 6.92 Å². The summed E-state index contributed by atoms with van der Waals surface area (Å²) >= 11 is 0. The van der Waals surface area contributed by atoms with E-state index < -0.39 is 0 Å². The third-order valence-electron chi connectivity index (χ3n) is 2.00. The Kier molecular flexibility index (Phi) is 2.83. The quantitative estimate of drug-likeness (QED) is 0.429. The first kappa shape index (κ1) is 9.93. The number of hydrogen-bond donors (Lipinski definition) is 0. The summed E-state index contributed by atoms with van der Waals surface area (Å²) in [4.78, 5) is 10.7. The smallest absolute Gasteiger partial charge is 0.308 e. The van der Waals surface area contributed by atoms with Gasteiger partial charge in [0.15, 0.2) is 0 Å². The van der Waals surface area contributed by atoms with Crippen molar-refractivity contribution in [2.75, 3.05) is 6.61 Å². The first-order valence-electron chi connectivity index (χ1n) is 4.82. The van der Waals surface area contributed by atoms with Crippen LogP contribution in [0.15, 0.2) is 30.3 Å². The molecular weight excluding hydrogens is 192 g/mol. The fraction of sp³-hybridized carbons (Fsp3) is 0.250. The van der Waals surface area contributed by atoms with Crippen LogP contribution in [-0.4, -0.2) is 18.7 Å². The van der Waals surface area contributed by atoms with Crippen molar-refractivity contribution in [1.29, 1.82) is 0 Å². The highest BCUT2D eigenvalue weighted by Crippen LogP contribution is 2.16. The van der Waals surface area contributed by atoms with Gasteiger partial charge in [-0.15, -0.1) is 0 Å². The van der Waals surface area contributed by atoms with E-state index in [1.807, 2.05) is 24.3 Å². The summed E-state index contributed by atoms with van der Waals surface area (Å²) in [6.45, 7) is 2.21. The molecule has 15 heavy (non-hydrogen) atoms. The summed E-state index contributed by atoms with van der Waals surface area (Å²) in [6, 6.07) is 7.35. The Balaban J connectivity index is 1.99. The lowest BCUT2D eigenvalue weighted by Crippen LogP contribution is -2.00. The predicted octanol–water partition coefficient (Wildman–Crippen LogP) is 2.02. The molecule has 1 aromatic rings. The lowest BCUT2D eigenvalue weighted by atomic mass is 10.2. The van der Waals surface area contributed by atoms with E-state index in [1.54, 1.807) is 12.1 Å². The molecule has 0 radical (unpaired) electrons. The van der Waals surface area contributed by atoms with E-state index in [0.717, 1.165) is 12.2 Å². The molecule has 1 heterocycles. The molecule has 3 nitrogen and oxygen atoms in total. The first-order valence-corrected chi connectivity index (χ1v) is 4.82. The molecule has 0 spiro atoms. The summed E-state index contributed by atoms with van der Waals surface area (Å²) in [6.07, 6.45) is 4.30. The maximum atomic E-state index is 10.7. The minimum atomic E-state index is -0.301. The standard InChI is InChI=1S/C12H12O3/c1-9(13)15-11-5-2-10(3-6-11)4-7-12-8-14-12/h2-7,12H,8H2,1H3. The van der Waals surface area contributed by atoms with Gasteiger partial charge in [0.05, 0.1) is 12.7 Å². The molecule has 0 amide bonds. The van der Waals surface area contributed by atoms with Crippen LogP contribution in [0.1, 0.15) is 12.5 Å². The number of carbonyl (C=O) groups excluding carboxylic acids is 1. The van der Waals surface area contributed by atoms with E-state index in [1.165, 1.54) is 6.92 Å². The van der Waals surface area contributed by atoms with Crippen LogP contribution in [0, 0.1) is 0 Å². The number of rotatable bonds is 3. The lowest BCUT2D eigenvalue weighted by Gasteiger charge is -2.00. The van der Waals surface area contributed by atoms with Crippen molar-refractivity contribution >= 4 is 12.0 Å². The number of carbonyl (C=O) groups is 1. The topological polar surface area (TPSA) is 38.8 Å². The van der Waals surface area contributed by atoms with Gasteiger partial charge in [-0.1, -0.05) is 24.3 Å². The lowest BCUT2D eigenvalue weighted by molar-refractivity contribution is -0.131. The van der Waals surface area contributed by atoms with Crippen LogP contribution in [0.5, 0.6) is 5.75 Å². The number of esters is 1. The zero-order chi connectivity index (χ0) is 10.7. The van der Waals surface area contributed by atoms with Gasteiger partial charge in [-0.2, -0.15) is 0 Å². The SMILES string of the molecule is CC(=O)Oc1ccc(C=CC2CO2)cc1. The van der Waals surface area contributed by atoms with Gasteiger partial charge in [-0.25, -0.2) is 0 Å². The van der Waals surface area contributed by atoms with Crippen molar-refractivity contribution in [2.24, 2.45) is 0 Å². The van der Waals surface area contributed by atoms with Crippen molar-refractivity contribution < 1.29 is 14.3 Å². The van der Waals surface area contributed by atoms with Crippen LogP contribution in [0.2, 0.25) is 0 Å². The molecule has 1 fully saturated rings. The summed E-state index contributed by atoms with van der Waals surface area (Å²) in [5.74, 6) is 0.270. The van der Waals surface area contributed by atoms with E-state index in [9.17, 15) is 4.79 Å². The van der Waals surface area contributed by atoms with Crippen LogP contribution in [0.25, 0.3) is 6.08 Å². The van der Waals surface area contributed by atoms with E-state index in [0.29, 0.717) is 5.75 Å². The number of hydrogen-bond acceptors (Lipinski definition) is 3. The number of epoxide rings is 1. The second kappa shape index (κ2) is 4.28. The molecule has 0 saturated carbocycles. The molecule has 1 unspecified atom stereocenters. The molecule has 0 N–H and O–H groups in total. The highest BCUT2D eigenvalue weighted by Gasteiger charge is 2.17. The van der Waals surface area contributed by atoms with E-state index in [-0.39, 0.29) is 12.1 Å². The molecule has 0 aliphatic carbocycles. The predicted molar refractivity (Wildman–Crippen MR) is 56.5 cm³/mol. The van der Waals surface area contributed by atoms with Gasteiger partial charge >= 0.3 is 5.97 Å². The Morgan fingerprint density at radius 2 is 2.13 bits per heavy atom. The van der Waals surface area contributed by atoms with Crippen molar-refractivity contribution in [2.45, 2.75) is 13.0 Å². The Bertz CT molecular complexity index is 374. The van der Waals surface area contributed by atoms with Gasteiger partial charge in [-0.3, -0.25) is 4.79 Å². The first-order chi connectivity index (χ1) is 7.24. The third-order valence-corrected chi connectivity index (χ3v) is 2.00. The largest absolute Gasteiger partial charge is 0.427 e. The molecule has 1 aliphatic rings. The van der Waals surface area contributed by atoms with Crippen LogP contribution in [0.4, 0.5) is 0 Å². The molecule has 78 valence electrons. The second-order valence-corrected chi connectivity index (χ2v) is 3.39. The van der Waals surface area contributed by atoms with Gasteiger partial charge in [-0.05, 0) is 17.7 Å². The van der Waals surface area contributed by atoms with Crippen LogP contribution >= 0.6 is 0 Å². The number of benzene rings is 1.